The maximum atomic E-state index is 12.9. The van der Waals surface area contributed by atoms with Crippen LogP contribution in [0.4, 0.5) is 4.39 Å². The second-order valence-corrected chi connectivity index (χ2v) is 8.12. The SMILES string of the molecule is CC(CC(=O)N1CCCC(N)C1)S(=O)(=O)c1ccc(F)cc1. The van der Waals surface area contributed by atoms with Crippen LogP contribution in [0.1, 0.15) is 26.2 Å². The number of piperidine rings is 1. The minimum absolute atomic E-state index is 0.0320. The van der Waals surface area contributed by atoms with E-state index in [1.54, 1.807) is 4.90 Å². The molecule has 122 valence electrons. The number of halogens is 1. The molecule has 7 heteroatoms. The normalized spacial score (nSPS) is 20.7. The van der Waals surface area contributed by atoms with Crippen LogP contribution in [-0.4, -0.2) is 43.6 Å². The summed E-state index contributed by atoms with van der Waals surface area (Å²) in [6.07, 6.45) is 1.63. The smallest absolute Gasteiger partial charge is 0.223 e. The van der Waals surface area contributed by atoms with E-state index in [4.69, 9.17) is 5.73 Å². The molecule has 0 spiro atoms. The van der Waals surface area contributed by atoms with Gasteiger partial charge in [0.25, 0.3) is 0 Å². The molecule has 2 rings (SSSR count). The zero-order valence-corrected chi connectivity index (χ0v) is 13.4. The van der Waals surface area contributed by atoms with Crippen molar-refractivity contribution in [1.29, 1.82) is 0 Å². The molecule has 0 aliphatic carbocycles. The second kappa shape index (κ2) is 6.75. The molecule has 1 heterocycles. The Morgan fingerprint density at radius 2 is 2.05 bits per heavy atom. The third-order valence-electron chi connectivity index (χ3n) is 3.94. The van der Waals surface area contributed by atoms with Crippen molar-refractivity contribution >= 4 is 15.7 Å². The van der Waals surface area contributed by atoms with E-state index < -0.39 is 20.9 Å². The lowest BCUT2D eigenvalue weighted by Crippen LogP contribution is -2.46. The molecule has 5 nitrogen and oxygen atoms in total. The highest BCUT2D eigenvalue weighted by atomic mass is 32.2. The van der Waals surface area contributed by atoms with E-state index in [1.807, 2.05) is 0 Å². The van der Waals surface area contributed by atoms with Crippen LogP contribution in [-0.2, 0) is 14.6 Å². The lowest BCUT2D eigenvalue weighted by atomic mass is 10.1. The molecule has 2 N–H and O–H groups in total. The van der Waals surface area contributed by atoms with Crippen molar-refractivity contribution in [2.75, 3.05) is 13.1 Å². The van der Waals surface area contributed by atoms with Gasteiger partial charge in [0, 0.05) is 25.6 Å². The lowest BCUT2D eigenvalue weighted by Gasteiger charge is -2.31. The van der Waals surface area contributed by atoms with Gasteiger partial charge >= 0.3 is 0 Å². The van der Waals surface area contributed by atoms with Crippen LogP contribution < -0.4 is 5.73 Å². The first kappa shape index (κ1) is 16.9. The number of hydrogen-bond donors (Lipinski definition) is 1. The van der Waals surface area contributed by atoms with Gasteiger partial charge in [-0.15, -0.1) is 0 Å². The van der Waals surface area contributed by atoms with Gasteiger partial charge in [-0.05, 0) is 44.0 Å². The number of likely N-dealkylation sites (tertiary alicyclic amines) is 1. The standard InChI is InChI=1S/C15H21FN2O3S/c1-11(9-15(19)18-8-2-3-13(17)10-18)22(20,21)14-6-4-12(16)5-7-14/h4-7,11,13H,2-3,8-10,17H2,1H3. The number of nitrogens with two attached hydrogens (primary N) is 1. The molecule has 0 radical (unpaired) electrons. The number of carbonyl (C=O) groups excluding carboxylic acids is 1. The molecule has 1 aromatic carbocycles. The minimum Gasteiger partial charge on any atom is -0.341 e. The van der Waals surface area contributed by atoms with E-state index in [0.717, 1.165) is 25.0 Å². The predicted octanol–water partition coefficient (Wildman–Crippen LogP) is 1.33. The highest BCUT2D eigenvalue weighted by Gasteiger charge is 2.29. The monoisotopic (exact) mass is 328 g/mol. The first-order valence-corrected chi connectivity index (χ1v) is 8.88. The summed E-state index contributed by atoms with van der Waals surface area (Å²) in [6.45, 7) is 2.60. The molecule has 0 bridgehead atoms. The van der Waals surface area contributed by atoms with Crippen LogP contribution >= 0.6 is 0 Å². The van der Waals surface area contributed by atoms with Crippen LogP contribution in [0.5, 0.6) is 0 Å². The van der Waals surface area contributed by atoms with Gasteiger partial charge in [-0.25, -0.2) is 12.8 Å². The summed E-state index contributed by atoms with van der Waals surface area (Å²) in [5.41, 5.74) is 5.84. The Hall–Kier alpha value is -1.47. The molecule has 22 heavy (non-hydrogen) atoms. The molecule has 1 amide bonds. The van der Waals surface area contributed by atoms with Crippen molar-refractivity contribution in [3.63, 3.8) is 0 Å². The number of hydrogen-bond acceptors (Lipinski definition) is 4. The second-order valence-electron chi connectivity index (χ2n) is 5.76. The van der Waals surface area contributed by atoms with Gasteiger partial charge < -0.3 is 10.6 Å². The van der Waals surface area contributed by atoms with Gasteiger partial charge in [0.05, 0.1) is 10.1 Å². The summed E-state index contributed by atoms with van der Waals surface area (Å²) in [5, 5.41) is -0.858. The van der Waals surface area contributed by atoms with Crippen LogP contribution in [0.15, 0.2) is 29.2 Å². The largest absolute Gasteiger partial charge is 0.341 e. The van der Waals surface area contributed by atoms with E-state index in [2.05, 4.69) is 0 Å². The molecule has 1 aliphatic heterocycles. The number of sulfone groups is 1. The molecule has 1 saturated heterocycles. The number of nitrogens with zero attached hydrogens (tertiary/aromatic N) is 1. The predicted molar refractivity (Wildman–Crippen MR) is 81.5 cm³/mol. The van der Waals surface area contributed by atoms with E-state index in [9.17, 15) is 17.6 Å². The summed E-state index contributed by atoms with van der Waals surface area (Å²) in [7, 11) is -3.65. The molecular formula is C15H21FN2O3S. The number of rotatable bonds is 4. The quantitative estimate of drug-likeness (QED) is 0.846. The fourth-order valence-electron chi connectivity index (χ4n) is 2.58. The highest BCUT2D eigenvalue weighted by molar-refractivity contribution is 7.92. The third kappa shape index (κ3) is 3.84. The number of carbonyl (C=O) groups is 1. The van der Waals surface area contributed by atoms with Gasteiger partial charge in [0.2, 0.25) is 5.91 Å². The Morgan fingerprint density at radius 1 is 1.41 bits per heavy atom. The minimum atomic E-state index is -3.65. The van der Waals surface area contributed by atoms with Gasteiger partial charge in [-0.3, -0.25) is 4.79 Å². The average Bonchev–Trinajstić information content (AvgIpc) is 2.47. The molecule has 0 saturated carbocycles. The van der Waals surface area contributed by atoms with E-state index >= 15 is 0 Å². The summed E-state index contributed by atoms with van der Waals surface area (Å²) in [5.74, 6) is -0.696. The van der Waals surface area contributed by atoms with Gasteiger partial charge in [-0.1, -0.05) is 0 Å². The molecular weight excluding hydrogens is 307 g/mol. The summed E-state index contributed by atoms with van der Waals surface area (Å²) in [4.78, 5) is 13.9. The Bertz CT molecular complexity index is 631. The molecule has 1 aromatic rings. The summed E-state index contributed by atoms with van der Waals surface area (Å²) in [6, 6.07) is 4.61. The fourth-order valence-corrected chi connectivity index (χ4v) is 3.92. The summed E-state index contributed by atoms with van der Waals surface area (Å²) < 4.78 is 37.7. The van der Waals surface area contributed by atoms with Crippen molar-refractivity contribution in [1.82, 2.24) is 4.90 Å². The van der Waals surface area contributed by atoms with Gasteiger partial charge in [0.15, 0.2) is 9.84 Å². The Labute approximate surface area is 130 Å². The van der Waals surface area contributed by atoms with Crippen LogP contribution in [0, 0.1) is 5.82 Å². The van der Waals surface area contributed by atoms with Crippen LogP contribution in [0.3, 0.4) is 0 Å². The summed E-state index contributed by atoms with van der Waals surface area (Å²) >= 11 is 0. The maximum Gasteiger partial charge on any atom is 0.223 e. The molecule has 1 fully saturated rings. The highest BCUT2D eigenvalue weighted by Crippen LogP contribution is 2.20. The first-order chi connectivity index (χ1) is 10.3. The third-order valence-corrected chi connectivity index (χ3v) is 6.10. The van der Waals surface area contributed by atoms with Gasteiger partial charge in [0.1, 0.15) is 5.82 Å². The molecule has 0 aromatic heterocycles. The lowest BCUT2D eigenvalue weighted by molar-refractivity contribution is -0.132. The fraction of sp³-hybridized carbons (Fsp3) is 0.533. The van der Waals surface area contributed by atoms with Crippen molar-refractivity contribution in [3.8, 4) is 0 Å². The molecule has 1 aliphatic rings. The Morgan fingerprint density at radius 3 is 2.64 bits per heavy atom. The van der Waals surface area contributed by atoms with Crippen molar-refractivity contribution in [2.24, 2.45) is 5.73 Å². The Kier molecular flexibility index (Phi) is 5.18. The number of benzene rings is 1. The zero-order chi connectivity index (χ0) is 16.3. The van der Waals surface area contributed by atoms with E-state index in [0.29, 0.717) is 13.1 Å². The van der Waals surface area contributed by atoms with E-state index in [-0.39, 0.29) is 23.3 Å². The topological polar surface area (TPSA) is 80.5 Å². The van der Waals surface area contributed by atoms with Crippen LogP contribution in [0.2, 0.25) is 0 Å². The molecule has 2 unspecified atom stereocenters. The van der Waals surface area contributed by atoms with Crippen LogP contribution in [0.25, 0.3) is 0 Å². The van der Waals surface area contributed by atoms with Crippen molar-refractivity contribution < 1.29 is 17.6 Å². The Balaban J connectivity index is 2.05. The van der Waals surface area contributed by atoms with Crippen molar-refractivity contribution in [2.45, 2.75) is 42.4 Å². The number of amides is 1. The zero-order valence-electron chi connectivity index (χ0n) is 12.5. The molecule has 2 atom stereocenters. The van der Waals surface area contributed by atoms with Crippen molar-refractivity contribution in [3.05, 3.63) is 30.1 Å². The van der Waals surface area contributed by atoms with Gasteiger partial charge in [-0.2, -0.15) is 0 Å². The maximum absolute atomic E-state index is 12.9. The average molecular weight is 328 g/mol. The first-order valence-electron chi connectivity index (χ1n) is 7.33. The van der Waals surface area contributed by atoms with E-state index in [1.165, 1.54) is 19.1 Å².